The number of hydrogen-bond acceptors (Lipinski definition) is 4. The molecule has 2 amide bonds. The zero-order valence-corrected chi connectivity index (χ0v) is 20.4. The summed E-state index contributed by atoms with van der Waals surface area (Å²) in [6.07, 6.45) is 4.45. The maximum atomic E-state index is 13.3. The van der Waals surface area contributed by atoms with Crippen LogP contribution in [0.2, 0.25) is 5.02 Å². The van der Waals surface area contributed by atoms with Crippen LogP contribution in [-0.2, 0) is 21.4 Å². The molecule has 0 bridgehead atoms. The van der Waals surface area contributed by atoms with Crippen LogP contribution in [0.15, 0.2) is 48.7 Å². The van der Waals surface area contributed by atoms with Gasteiger partial charge in [-0.2, -0.15) is 0 Å². The molecule has 7 nitrogen and oxygen atoms in total. The van der Waals surface area contributed by atoms with E-state index in [1.807, 2.05) is 50.2 Å². The summed E-state index contributed by atoms with van der Waals surface area (Å²) < 4.78 is 7.35. The van der Waals surface area contributed by atoms with Crippen molar-refractivity contribution in [1.82, 2.24) is 20.0 Å². The predicted molar refractivity (Wildman–Crippen MR) is 132 cm³/mol. The van der Waals surface area contributed by atoms with Gasteiger partial charge < -0.3 is 15.4 Å². The number of rotatable bonds is 8. The van der Waals surface area contributed by atoms with Crippen molar-refractivity contribution in [2.75, 3.05) is 19.8 Å². The molecule has 0 spiro atoms. The van der Waals surface area contributed by atoms with Gasteiger partial charge in [-0.15, -0.1) is 0 Å². The minimum Gasteiger partial charge on any atom is -0.381 e. The largest absolute Gasteiger partial charge is 0.381 e. The lowest BCUT2D eigenvalue weighted by molar-refractivity contribution is -0.121. The Kier molecular flexibility index (Phi) is 7.54. The van der Waals surface area contributed by atoms with E-state index in [2.05, 4.69) is 15.6 Å². The van der Waals surface area contributed by atoms with Crippen molar-refractivity contribution in [3.63, 3.8) is 0 Å². The molecule has 1 aromatic carbocycles. The minimum atomic E-state index is -0.208. The zero-order chi connectivity index (χ0) is 24.1. The lowest BCUT2D eigenvalue weighted by Crippen LogP contribution is -2.44. The summed E-state index contributed by atoms with van der Waals surface area (Å²) in [7, 11) is 0. The summed E-state index contributed by atoms with van der Waals surface area (Å²) in [5.74, 6) is -0.258. The summed E-state index contributed by atoms with van der Waals surface area (Å²) in [4.78, 5) is 30.1. The Labute approximate surface area is 204 Å². The molecule has 8 heteroatoms. The van der Waals surface area contributed by atoms with E-state index >= 15 is 0 Å². The maximum Gasteiger partial charge on any atom is 0.268 e. The van der Waals surface area contributed by atoms with Gasteiger partial charge in [0, 0.05) is 42.4 Å². The number of halogens is 1. The van der Waals surface area contributed by atoms with Crippen molar-refractivity contribution >= 4 is 29.1 Å². The van der Waals surface area contributed by atoms with E-state index in [9.17, 15) is 9.59 Å². The van der Waals surface area contributed by atoms with E-state index in [0.29, 0.717) is 41.8 Å². The summed E-state index contributed by atoms with van der Waals surface area (Å²) in [6, 6.07) is 13.4. The first-order valence-corrected chi connectivity index (χ1v) is 12.2. The molecule has 1 unspecified atom stereocenters. The highest BCUT2D eigenvalue weighted by Gasteiger charge is 2.35. The number of carbonyl (C=O) groups excluding carboxylic acids is 2. The Morgan fingerprint density at radius 3 is 2.62 bits per heavy atom. The highest BCUT2D eigenvalue weighted by atomic mass is 35.5. The molecule has 1 fully saturated rings. The summed E-state index contributed by atoms with van der Waals surface area (Å²) in [5.41, 5.74) is 2.69. The van der Waals surface area contributed by atoms with E-state index < -0.39 is 0 Å². The molecule has 1 aliphatic heterocycles. The fraction of sp³-hybridized carbons (Fsp3) is 0.423. The van der Waals surface area contributed by atoms with E-state index in [1.165, 1.54) is 0 Å². The summed E-state index contributed by atoms with van der Waals surface area (Å²) in [6.45, 7) is 5.79. The van der Waals surface area contributed by atoms with E-state index in [-0.39, 0.29) is 29.7 Å². The maximum absolute atomic E-state index is 13.3. The molecule has 2 aromatic heterocycles. The molecular formula is C26H31ClN4O3. The van der Waals surface area contributed by atoms with Crippen molar-refractivity contribution in [1.29, 1.82) is 0 Å². The highest BCUT2D eigenvalue weighted by Crippen LogP contribution is 2.35. The normalized spacial score (nSPS) is 16.2. The monoisotopic (exact) mass is 482 g/mol. The molecule has 3 aromatic rings. The number of aromatic nitrogens is 2. The highest BCUT2D eigenvalue weighted by molar-refractivity contribution is 6.30. The van der Waals surface area contributed by atoms with Gasteiger partial charge in [0.2, 0.25) is 5.91 Å². The number of hydrogen-bond donors (Lipinski definition) is 2. The molecule has 0 radical (unpaired) electrons. The number of imidazole rings is 1. The van der Waals surface area contributed by atoms with Crippen LogP contribution in [0, 0.1) is 0 Å². The van der Waals surface area contributed by atoms with Gasteiger partial charge in [0.25, 0.3) is 5.91 Å². The van der Waals surface area contributed by atoms with E-state index in [1.54, 1.807) is 16.7 Å². The number of carbonyl (C=O) groups is 2. The second kappa shape index (κ2) is 10.6. The molecule has 4 rings (SSSR count). The topological polar surface area (TPSA) is 84.7 Å². The van der Waals surface area contributed by atoms with Gasteiger partial charge in [-0.3, -0.25) is 14.0 Å². The number of fused-ring (bicyclic) bond motifs is 1. The first-order chi connectivity index (χ1) is 16.4. The van der Waals surface area contributed by atoms with Crippen molar-refractivity contribution < 1.29 is 14.3 Å². The van der Waals surface area contributed by atoms with Crippen LogP contribution in [-0.4, -0.2) is 47.0 Å². The van der Waals surface area contributed by atoms with Gasteiger partial charge in [-0.05, 0) is 56.0 Å². The van der Waals surface area contributed by atoms with Crippen molar-refractivity contribution in [3.05, 3.63) is 70.6 Å². The average molecular weight is 483 g/mol. The van der Waals surface area contributed by atoms with Crippen molar-refractivity contribution in [2.24, 2.45) is 0 Å². The average Bonchev–Trinajstić information content (AvgIpc) is 3.25. The number of nitrogens with one attached hydrogen (secondary N) is 2. The number of nitrogens with zero attached hydrogens (tertiary/aromatic N) is 2. The molecule has 1 atom stereocenters. The third-order valence-corrected chi connectivity index (χ3v) is 6.88. The second-order valence-corrected chi connectivity index (χ2v) is 9.44. The van der Waals surface area contributed by atoms with Crippen molar-refractivity contribution in [3.8, 4) is 0 Å². The van der Waals surface area contributed by atoms with Crippen molar-refractivity contribution in [2.45, 2.75) is 51.0 Å². The Balaban J connectivity index is 1.51. The zero-order valence-electron chi connectivity index (χ0n) is 19.6. The fourth-order valence-corrected chi connectivity index (χ4v) is 4.52. The Morgan fingerprint density at radius 2 is 1.91 bits per heavy atom. The number of pyridine rings is 1. The van der Waals surface area contributed by atoms with Crippen LogP contribution in [0.3, 0.4) is 0 Å². The van der Waals surface area contributed by atoms with Gasteiger partial charge in [0.1, 0.15) is 11.3 Å². The molecule has 1 aliphatic rings. The molecule has 180 valence electrons. The predicted octanol–water partition coefficient (Wildman–Crippen LogP) is 3.92. The Bertz CT molecular complexity index is 1150. The smallest absolute Gasteiger partial charge is 0.268 e. The molecule has 1 saturated heterocycles. The van der Waals surface area contributed by atoms with Gasteiger partial charge in [0.05, 0.1) is 12.1 Å². The molecule has 3 heterocycles. The summed E-state index contributed by atoms with van der Waals surface area (Å²) >= 11 is 6.10. The quantitative estimate of drug-likeness (QED) is 0.509. The van der Waals surface area contributed by atoms with Crippen LogP contribution in [0.25, 0.3) is 5.65 Å². The third kappa shape index (κ3) is 5.42. The van der Waals surface area contributed by atoms with Gasteiger partial charge in [0.15, 0.2) is 0 Å². The van der Waals surface area contributed by atoms with E-state index in [0.717, 1.165) is 24.8 Å². The Morgan fingerprint density at radius 1 is 1.18 bits per heavy atom. The Hall–Kier alpha value is -2.90. The third-order valence-electron chi connectivity index (χ3n) is 6.63. The second-order valence-electron chi connectivity index (χ2n) is 9.01. The lowest BCUT2D eigenvalue weighted by Gasteiger charge is -2.38. The summed E-state index contributed by atoms with van der Waals surface area (Å²) in [5, 5.41) is 6.79. The van der Waals surface area contributed by atoms with E-state index in [4.69, 9.17) is 16.3 Å². The molecular weight excluding hydrogens is 452 g/mol. The fourth-order valence-electron chi connectivity index (χ4n) is 4.40. The lowest BCUT2D eigenvalue weighted by atomic mass is 9.74. The van der Waals surface area contributed by atoms with Crippen LogP contribution in [0.5, 0.6) is 0 Å². The molecule has 0 aliphatic carbocycles. The van der Waals surface area contributed by atoms with Crippen LogP contribution < -0.4 is 10.6 Å². The SMILES string of the molecule is CCC(C)NC(=O)Cc1cn2c(C(=O)NCC3(c4ccc(Cl)cc4)CCOCC3)cccc2n1. The molecule has 34 heavy (non-hydrogen) atoms. The standard InChI is InChI=1S/C26H31ClN4O3/c1-3-18(2)29-24(32)15-21-16-31-22(5-4-6-23(31)30-21)25(33)28-17-26(11-13-34-14-12-26)19-7-9-20(27)10-8-19/h4-10,16,18H,3,11-15,17H2,1-2H3,(H,28,33)(H,29,32). The van der Waals surface area contributed by atoms with Crippen LogP contribution in [0.4, 0.5) is 0 Å². The minimum absolute atomic E-state index is 0.0758. The van der Waals surface area contributed by atoms with Gasteiger partial charge in [-0.1, -0.05) is 36.7 Å². The van der Waals surface area contributed by atoms with Gasteiger partial charge in [-0.25, -0.2) is 4.98 Å². The number of benzene rings is 1. The number of amides is 2. The first-order valence-electron chi connectivity index (χ1n) is 11.8. The van der Waals surface area contributed by atoms with Gasteiger partial charge >= 0.3 is 0 Å². The van der Waals surface area contributed by atoms with Crippen LogP contribution >= 0.6 is 11.6 Å². The number of ether oxygens (including phenoxy) is 1. The first kappa shape index (κ1) is 24.2. The molecule has 2 N–H and O–H groups in total. The van der Waals surface area contributed by atoms with Crippen LogP contribution in [0.1, 0.15) is 54.9 Å². The molecule has 0 saturated carbocycles.